The Labute approximate surface area is 196 Å². The summed E-state index contributed by atoms with van der Waals surface area (Å²) >= 11 is 0. The molecule has 0 unspecified atom stereocenters. The highest BCUT2D eigenvalue weighted by atomic mass is 14.8. The fraction of sp³-hybridized carbons (Fsp3) is 0. The van der Waals surface area contributed by atoms with Gasteiger partial charge in [0.2, 0.25) is 0 Å². The Kier molecular flexibility index (Phi) is 4.15. The minimum Gasteiger partial charge on any atom is -0.256 e. The van der Waals surface area contributed by atoms with Crippen molar-refractivity contribution in [3.8, 4) is 22.4 Å². The van der Waals surface area contributed by atoms with Gasteiger partial charge in [0.1, 0.15) is 0 Å². The van der Waals surface area contributed by atoms with E-state index in [4.69, 9.17) is 9.97 Å². The fourth-order valence-corrected chi connectivity index (χ4v) is 5.03. The summed E-state index contributed by atoms with van der Waals surface area (Å²) in [5.74, 6) is 0. The first-order valence-corrected chi connectivity index (χ1v) is 11.4. The largest absolute Gasteiger partial charge is 0.256 e. The number of rotatable bonds is 2. The SMILES string of the molecule is c1ccc(-c2c3ccccc3c(-c3ccc4ccc5cccnc5c4n3)c3cccnc23)cc1. The first-order chi connectivity index (χ1) is 16.9. The van der Waals surface area contributed by atoms with Crippen LogP contribution in [-0.2, 0) is 0 Å². The zero-order valence-electron chi connectivity index (χ0n) is 18.3. The molecule has 0 fully saturated rings. The van der Waals surface area contributed by atoms with Gasteiger partial charge in [0.25, 0.3) is 0 Å². The van der Waals surface area contributed by atoms with Gasteiger partial charge in [-0.25, -0.2) is 4.98 Å². The van der Waals surface area contributed by atoms with E-state index in [0.29, 0.717) is 0 Å². The third-order valence-electron chi connectivity index (χ3n) is 6.53. The summed E-state index contributed by atoms with van der Waals surface area (Å²) in [7, 11) is 0. The summed E-state index contributed by atoms with van der Waals surface area (Å²) in [6.07, 6.45) is 3.71. The molecule has 34 heavy (non-hydrogen) atoms. The maximum Gasteiger partial charge on any atom is 0.0972 e. The van der Waals surface area contributed by atoms with E-state index in [1.807, 2.05) is 30.6 Å². The fourth-order valence-electron chi connectivity index (χ4n) is 5.03. The average molecular weight is 434 g/mol. The van der Waals surface area contributed by atoms with E-state index in [9.17, 15) is 0 Å². The lowest BCUT2D eigenvalue weighted by Crippen LogP contribution is -1.94. The van der Waals surface area contributed by atoms with Gasteiger partial charge < -0.3 is 0 Å². The minimum absolute atomic E-state index is 0.920. The van der Waals surface area contributed by atoms with Crippen LogP contribution in [-0.4, -0.2) is 15.0 Å². The molecule has 7 aromatic rings. The summed E-state index contributed by atoms with van der Waals surface area (Å²) in [6.45, 7) is 0. The molecule has 0 N–H and O–H groups in total. The van der Waals surface area contributed by atoms with Crippen LogP contribution in [0.15, 0.2) is 116 Å². The van der Waals surface area contributed by atoms with Crippen LogP contribution >= 0.6 is 0 Å². The topological polar surface area (TPSA) is 38.7 Å². The quantitative estimate of drug-likeness (QED) is 0.206. The van der Waals surface area contributed by atoms with Crippen LogP contribution < -0.4 is 0 Å². The highest BCUT2D eigenvalue weighted by molar-refractivity contribution is 6.20. The van der Waals surface area contributed by atoms with E-state index in [2.05, 4.69) is 89.9 Å². The second-order valence-corrected chi connectivity index (χ2v) is 8.47. The number of aromatic nitrogens is 3. The first kappa shape index (κ1) is 18.9. The van der Waals surface area contributed by atoms with E-state index >= 15 is 0 Å². The highest BCUT2D eigenvalue weighted by Gasteiger charge is 2.18. The Balaban J connectivity index is 1.63. The summed E-state index contributed by atoms with van der Waals surface area (Å²) < 4.78 is 0. The second kappa shape index (κ2) is 7.46. The lowest BCUT2D eigenvalue weighted by molar-refractivity contribution is 1.37. The van der Waals surface area contributed by atoms with Gasteiger partial charge in [0.15, 0.2) is 0 Å². The van der Waals surface area contributed by atoms with Crippen molar-refractivity contribution in [2.75, 3.05) is 0 Å². The minimum atomic E-state index is 0.920. The molecule has 0 saturated heterocycles. The summed E-state index contributed by atoms with van der Waals surface area (Å²) in [4.78, 5) is 14.7. The van der Waals surface area contributed by atoms with Crippen molar-refractivity contribution in [2.45, 2.75) is 0 Å². The van der Waals surface area contributed by atoms with Crippen molar-refractivity contribution in [3.05, 3.63) is 116 Å². The molecule has 3 heteroatoms. The number of nitrogens with zero attached hydrogens (tertiary/aromatic N) is 3. The van der Waals surface area contributed by atoms with Crippen LogP contribution in [0.2, 0.25) is 0 Å². The molecule has 0 aliphatic rings. The molecule has 0 radical (unpaired) electrons. The standard InChI is InChI=1S/C31H19N3/c1-2-8-20(9-3-1)27-23-11-4-5-12-24(23)28(25-13-7-19-33-31(25)27)26-17-16-22-15-14-21-10-6-18-32-29(21)30(22)34-26/h1-19H. The van der Waals surface area contributed by atoms with Crippen LogP contribution in [0.3, 0.4) is 0 Å². The van der Waals surface area contributed by atoms with Crippen LogP contribution in [0.25, 0.3) is 65.9 Å². The zero-order valence-corrected chi connectivity index (χ0v) is 18.3. The number of hydrogen-bond donors (Lipinski definition) is 0. The maximum absolute atomic E-state index is 5.19. The van der Waals surface area contributed by atoms with Crippen LogP contribution in [0.1, 0.15) is 0 Å². The lowest BCUT2D eigenvalue weighted by atomic mass is 9.89. The predicted molar refractivity (Wildman–Crippen MR) is 141 cm³/mol. The number of fused-ring (bicyclic) bond motifs is 5. The van der Waals surface area contributed by atoms with Gasteiger partial charge in [-0.1, -0.05) is 84.9 Å². The predicted octanol–water partition coefficient (Wildman–Crippen LogP) is 7.82. The van der Waals surface area contributed by atoms with Gasteiger partial charge in [-0.3, -0.25) is 9.97 Å². The lowest BCUT2D eigenvalue weighted by Gasteiger charge is -2.16. The molecule has 0 bridgehead atoms. The van der Waals surface area contributed by atoms with Gasteiger partial charge >= 0.3 is 0 Å². The Hall–Kier alpha value is -4.63. The molecule has 0 aliphatic carbocycles. The monoisotopic (exact) mass is 433 g/mol. The Morgan fingerprint density at radius 1 is 0.412 bits per heavy atom. The third-order valence-corrected chi connectivity index (χ3v) is 6.53. The summed E-state index contributed by atoms with van der Waals surface area (Å²) in [5.41, 5.74) is 7.19. The molecule has 0 spiro atoms. The van der Waals surface area contributed by atoms with Crippen molar-refractivity contribution < 1.29 is 0 Å². The van der Waals surface area contributed by atoms with E-state index in [0.717, 1.165) is 55.1 Å². The first-order valence-electron chi connectivity index (χ1n) is 11.4. The van der Waals surface area contributed by atoms with E-state index < -0.39 is 0 Å². The van der Waals surface area contributed by atoms with Gasteiger partial charge in [-0.2, -0.15) is 0 Å². The van der Waals surface area contributed by atoms with Gasteiger partial charge in [0.05, 0.1) is 22.2 Å². The molecule has 0 amide bonds. The smallest absolute Gasteiger partial charge is 0.0972 e. The van der Waals surface area contributed by atoms with Gasteiger partial charge in [-0.05, 0) is 34.5 Å². The molecule has 158 valence electrons. The molecule has 3 aromatic heterocycles. The van der Waals surface area contributed by atoms with Crippen molar-refractivity contribution in [2.24, 2.45) is 0 Å². The molecule has 0 aliphatic heterocycles. The summed E-state index contributed by atoms with van der Waals surface area (Å²) in [6, 6.07) is 35.8. The van der Waals surface area contributed by atoms with Crippen molar-refractivity contribution in [1.82, 2.24) is 15.0 Å². The molecule has 0 atom stereocenters. The van der Waals surface area contributed by atoms with Crippen molar-refractivity contribution in [1.29, 1.82) is 0 Å². The normalized spacial score (nSPS) is 11.5. The van der Waals surface area contributed by atoms with Crippen molar-refractivity contribution >= 4 is 43.5 Å². The zero-order chi connectivity index (χ0) is 22.5. The molecular weight excluding hydrogens is 414 g/mol. The number of benzene rings is 4. The molecule has 3 heterocycles. The Bertz CT molecular complexity index is 1800. The molecular formula is C31H19N3. The Morgan fingerprint density at radius 3 is 1.85 bits per heavy atom. The summed E-state index contributed by atoms with van der Waals surface area (Å²) in [5, 5.41) is 5.62. The van der Waals surface area contributed by atoms with Crippen LogP contribution in [0.5, 0.6) is 0 Å². The Morgan fingerprint density at radius 2 is 1.03 bits per heavy atom. The number of hydrogen-bond acceptors (Lipinski definition) is 3. The second-order valence-electron chi connectivity index (χ2n) is 8.47. The highest BCUT2D eigenvalue weighted by Crippen LogP contribution is 2.42. The van der Waals surface area contributed by atoms with E-state index in [1.165, 1.54) is 10.8 Å². The molecule has 7 rings (SSSR count). The van der Waals surface area contributed by atoms with Crippen LogP contribution in [0.4, 0.5) is 0 Å². The van der Waals surface area contributed by atoms with Gasteiger partial charge in [0, 0.05) is 39.7 Å². The van der Waals surface area contributed by atoms with E-state index in [1.54, 1.807) is 0 Å². The van der Waals surface area contributed by atoms with E-state index in [-0.39, 0.29) is 0 Å². The average Bonchev–Trinajstić information content (AvgIpc) is 2.92. The third kappa shape index (κ3) is 2.81. The van der Waals surface area contributed by atoms with Crippen molar-refractivity contribution in [3.63, 3.8) is 0 Å². The van der Waals surface area contributed by atoms with Gasteiger partial charge in [-0.15, -0.1) is 0 Å². The number of pyridine rings is 3. The van der Waals surface area contributed by atoms with Crippen LogP contribution in [0, 0.1) is 0 Å². The molecule has 3 nitrogen and oxygen atoms in total. The molecule has 4 aromatic carbocycles. The molecule has 0 saturated carbocycles. The maximum atomic E-state index is 5.19.